The van der Waals surface area contributed by atoms with Crippen LogP contribution in [0.2, 0.25) is 5.02 Å². The molecule has 2 N–H and O–H groups in total. The van der Waals surface area contributed by atoms with Crippen LogP contribution >= 0.6 is 11.6 Å². The summed E-state index contributed by atoms with van der Waals surface area (Å²) in [7, 11) is 0. The number of fused-ring (bicyclic) bond motifs is 1. The summed E-state index contributed by atoms with van der Waals surface area (Å²) >= 11 is 6.20. The second kappa shape index (κ2) is 8.39. The lowest BCUT2D eigenvalue weighted by atomic mass is 10.1. The molecule has 0 aromatic carbocycles. The smallest absolute Gasteiger partial charge is 0.232 e. The van der Waals surface area contributed by atoms with Crippen molar-refractivity contribution < 1.29 is 0 Å². The van der Waals surface area contributed by atoms with Crippen LogP contribution in [0.25, 0.3) is 5.65 Å². The van der Waals surface area contributed by atoms with Crippen LogP contribution in [-0.4, -0.2) is 37.4 Å². The molecular weight excluding hydrogens is 412 g/mol. The quantitative estimate of drug-likeness (QED) is 0.459. The van der Waals surface area contributed by atoms with Crippen LogP contribution in [-0.2, 0) is 0 Å². The number of anilines is 5. The van der Waals surface area contributed by atoms with Crippen molar-refractivity contribution in [2.24, 2.45) is 0 Å². The van der Waals surface area contributed by atoms with Gasteiger partial charge in [-0.1, -0.05) is 11.6 Å². The van der Waals surface area contributed by atoms with Gasteiger partial charge in [0.2, 0.25) is 5.95 Å². The van der Waals surface area contributed by atoms with Crippen molar-refractivity contribution in [3.05, 3.63) is 59.6 Å². The van der Waals surface area contributed by atoms with Gasteiger partial charge in [0.25, 0.3) is 0 Å². The fraction of sp³-hybridized carbons (Fsp3) is 0.273. The molecule has 0 atom stereocenters. The fourth-order valence-corrected chi connectivity index (χ4v) is 4.04. The summed E-state index contributed by atoms with van der Waals surface area (Å²) in [6.07, 6.45) is 9.26. The van der Waals surface area contributed by atoms with E-state index < -0.39 is 0 Å². The van der Waals surface area contributed by atoms with Crippen molar-refractivity contribution in [2.45, 2.75) is 26.2 Å². The van der Waals surface area contributed by atoms with Gasteiger partial charge in [-0.15, -0.1) is 0 Å². The van der Waals surface area contributed by atoms with Gasteiger partial charge in [0.05, 0.1) is 0 Å². The first-order valence-electron chi connectivity index (χ1n) is 10.4. The Kier molecular flexibility index (Phi) is 5.30. The van der Waals surface area contributed by atoms with Crippen LogP contribution in [0.4, 0.5) is 29.1 Å². The minimum absolute atomic E-state index is 0.474. The third-order valence-electron chi connectivity index (χ3n) is 5.22. The minimum atomic E-state index is 0.474. The number of pyridine rings is 2. The van der Waals surface area contributed by atoms with Gasteiger partial charge in [0.15, 0.2) is 0 Å². The number of halogens is 1. The second-order valence-corrected chi connectivity index (χ2v) is 8.09. The molecule has 0 radical (unpaired) electrons. The zero-order valence-corrected chi connectivity index (χ0v) is 18.0. The molecule has 31 heavy (non-hydrogen) atoms. The Balaban J connectivity index is 1.48. The van der Waals surface area contributed by atoms with Gasteiger partial charge < -0.3 is 19.9 Å². The van der Waals surface area contributed by atoms with Crippen molar-refractivity contribution in [1.29, 1.82) is 0 Å². The molecule has 5 rings (SSSR count). The lowest BCUT2D eigenvalue weighted by Crippen LogP contribution is -2.30. The lowest BCUT2D eigenvalue weighted by molar-refractivity contribution is 0.573. The molecule has 1 saturated heterocycles. The second-order valence-electron chi connectivity index (χ2n) is 7.65. The Hall–Kier alpha value is -3.39. The molecule has 1 aliphatic rings. The molecule has 9 heteroatoms. The first kappa shape index (κ1) is 19.6. The van der Waals surface area contributed by atoms with E-state index in [-0.39, 0.29) is 0 Å². The predicted octanol–water partition coefficient (Wildman–Crippen LogP) is 4.96. The number of imidazole rings is 1. The molecule has 0 amide bonds. The Labute approximate surface area is 185 Å². The molecule has 1 aliphatic heterocycles. The predicted molar refractivity (Wildman–Crippen MR) is 124 cm³/mol. The van der Waals surface area contributed by atoms with Crippen LogP contribution in [0, 0.1) is 6.92 Å². The van der Waals surface area contributed by atoms with Gasteiger partial charge in [-0.25, -0.2) is 9.97 Å². The molecule has 4 aromatic rings. The average Bonchev–Trinajstić information content (AvgIpc) is 3.21. The summed E-state index contributed by atoms with van der Waals surface area (Å²) in [4.78, 5) is 20.6. The number of nitrogens with zero attached hydrogens (tertiary/aromatic N) is 6. The number of hydrogen-bond donors (Lipinski definition) is 2. The van der Waals surface area contributed by atoms with Gasteiger partial charge >= 0.3 is 0 Å². The summed E-state index contributed by atoms with van der Waals surface area (Å²) in [5, 5.41) is 7.23. The van der Waals surface area contributed by atoms with E-state index >= 15 is 0 Å². The molecule has 8 nitrogen and oxygen atoms in total. The summed E-state index contributed by atoms with van der Waals surface area (Å²) < 4.78 is 1.96. The van der Waals surface area contributed by atoms with E-state index in [9.17, 15) is 0 Å². The van der Waals surface area contributed by atoms with Gasteiger partial charge in [0.1, 0.15) is 23.1 Å². The molecule has 0 bridgehead atoms. The van der Waals surface area contributed by atoms with Crippen LogP contribution in [0.5, 0.6) is 0 Å². The molecule has 0 unspecified atom stereocenters. The van der Waals surface area contributed by atoms with E-state index in [4.69, 9.17) is 16.6 Å². The number of aromatic nitrogens is 5. The number of piperidine rings is 1. The van der Waals surface area contributed by atoms with Crippen molar-refractivity contribution in [3.63, 3.8) is 0 Å². The lowest BCUT2D eigenvalue weighted by Gasteiger charge is -2.28. The number of hydrogen-bond acceptors (Lipinski definition) is 7. The van der Waals surface area contributed by atoms with Crippen molar-refractivity contribution >= 4 is 46.3 Å². The van der Waals surface area contributed by atoms with E-state index in [1.54, 1.807) is 12.3 Å². The molecular formula is C22H23ClN8. The van der Waals surface area contributed by atoms with E-state index in [1.807, 2.05) is 48.0 Å². The van der Waals surface area contributed by atoms with Gasteiger partial charge in [-0.2, -0.15) is 9.97 Å². The maximum absolute atomic E-state index is 6.20. The largest absolute Gasteiger partial charge is 0.356 e. The third kappa shape index (κ3) is 4.54. The van der Waals surface area contributed by atoms with E-state index in [0.29, 0.717) is 22.6 Å². The maximum Gasteiger partial charge on any atom is 0.232 e. The topological polar surface area (TPSA) is 83.3 Å². The zero-order chi connectivity index (χ0) is 21.2. The van der Waals surface area contributed by atoms with Crippen LogP contribution in [0.1, 0.15) is 25.0 Å². The van der Waals surface area contributed by atoms with Crippen molar-refractivity contribution in [1.82, 2.24) is 24.3 Å². The average molecular weight is 435 g/mol. The van der Waals surface area contributed by atoms with Crippen LogP contribution in [0.3, 0.4) is 0 Å². The molecule has 4 aromatic heterocycles. The fourth-order valence-electron chi connectivity index (χ4n) is 3.78. The molecule has 158 valence electrons. The summed E-state index contributed by atoms with van der Waals surface area (Å²) in [6.45, 7) is 3.88. The summed E-state index contributed by atoms with van der Waals surface area (Å²) in [5.41, 5.74) is 2.60. The van der Waals surface area contributed by atoms with Crippen molar-refractivity contribution in [2.75, 3.05) is 28.6 Å². The number of nitrogens with one attached hydrogen (secondary N) is 2. The highest BCUT2D eigenvalue weighted by Crippen LogP contribution is 2.26. The summed E-state index contributed by atoms with van der Waals surface area (Å²) in [5.74, 6) is 2.68. The van der Waals surface area contributed by atoms with E-state index in [0.717, 1.165) is 35.9 Å². The minimum Gasteiger partial charge on any atom is -0.356 e. The summed E-state index contributed by atoms with van der Waals surface area (Å²) in [6, 6.07) is 9.55. The number of rotatable bonds is 5. The standard InChI is InChI=1S/C22H23ClN8/c1-15-11-16(23)12-18(25-15)27-22-28-19(14-21(29-22)30-7-3-2-4-8-30)26-17-5-9-31-10-6-24-20(31)13-17/h5-6,9-14H,2-4,7-8H2,1H3,(H2,25,26,27,28,29). The Morgan fingerprint density at radius 1 is 0.903 bits per heavy atom. The molecule has 0 saturated carbocycles. The maximum atomic E-state index is 6.20. The van der Waals surface area contributed by atoms with Gasteiger partial charge in [-0.3, -0.25) is 0 Å². The highest BCUT2D eigenvalue weighted by Gasteiger charge is 2.15. The normalized spacial score (nSPS) is 14.1. The van der Waals surface area contributed by atoms with E-state index in [2.05, 4.69) is 30.5 Å². The highest BCUT2D eigenvalue weighted by atomic mass is 35.5. The van der Waals surface area contributed by atoms with Crippen LogP contribution < -0.4 is 15.5 Å². The zero-order valence-electron chi connectivity index (χ0n) is 17.2. The van der Waals surface area contributed by atoms with Crippen molar-refractivity contribution in [3.8, 4) is 0 Å². The first-order valence-corrected chi connectivity index (χ1v) is 10.8. The molecule has 0 spiro atoms. The number of aryl methyl sites for hydroxylation is 1. The molecule has 0 aliphatic carbocycles. The van der Waals surface area contributed by atoms with Crippen LogP contribution in [0.15, 0.2) is 48.9 Å². The third-order valence-corrected chi connectivity index (χ3v) is 5.44. The monoisotopic (exact) mass is 434 g/mol. The SMILES string of the molecule is Cc1cc(Cl)cc(Nc2nc(Nc3ccn4ccnc4c3)cc(N3CCCCC3)n2)n1. The molecule has 5 heterocycles. The Morgan fingerprint density at radius 3 is 2.58 bits per heavy atom. The van der Waals surface area contributed by atoms with Gasteiger partial charge in [0, 0.05) is 60.2 Å². The highest BCUT2D eigenvalue weighted by molar-refractivity contribution is 6.30. The Morgan fingerprint density at radius 2 is 1.74 bits per heavy atom. The molecule has 1 fully saturated rings. The Bertz CT molecular complexity index is 1200. The van der Waals surface area contributed by atoms with Gasteiger partial charge in [-0.05, 0) is 44.4 Å². The first-order chi connectivity index (χ1) is 15.1. The van der Waals surface area contributed by atoms with E-state index in [1.165, 1.54) is 19.3 Å².